The van der Waals surface area contributed by atoms with Crippen LogP contribution in [0.1, 0.15) is 16.7 Å². The summed E-state index contributed by atoms with van der Waals surface area (Å²) < 4.78 is 0. The molecular formula is C18H18N4O2. The normalized spacial score (nSPS) is 14.0. The zero-order valence-corrected chi connectivity index (χ0v) is 13.1. The summed E-state index contributed by atoms with van der Waals surface area (Å²) in [5, 5.41) is 2.94. The molecule has 3 N–H and O–H groups in total. The predicted octanol–water partition coefficient (Wildman–Crippen LogP) is 1.49. The third-order valence-electron chi connectivity index (χ3n) is 4.34. The Morgan fingerprint density at radius 3 is 2.50 bits per heavy atom. The predicted molar refractivity (Wildman–Crippen MR) is 91.3 cm³/mol. The van der Waals surface area contributed by atoms with Gasteiger partial charge in [0.25, 0.3) is 0 Å². The molecule has 3 aromatic rings. The highest BCUT2D eigenvalue weighted by atomic mass is 16.2. The van der Waals surface area contributed by atoms with Crippen molar-refractivity contribution >= 4 is 16.9 Å². The van der Waals surface area contributed by atoms with Gasteiger partial charge in [-0.1, -0.05) is 30.3 Å². The van der Waals surface area contributed by atoms with E-state index in [4.69, 9.17) is 0 Å². The Bertz CT molecular complexity index is 932. The minimum Gasteiger partial charge on any atom is -0.351 e. The second-order valence-corrected chi connectivity index (χ2v) is 6.15. The first-order chi connectivity index (χ1) is 11.7. The number of aromatic amines is 2. The maximum atomic E-state index is 12.2. The molecule has 0 fully saturated rings. The van der Waals surface area contributed by atoms with Crippen LogP contribution in [0.2, 0.25) is 0 Å². The van der Waals surface area contributed by atoms with Crippen LogP contribution in [-0.4, -0.2) is 27.3 Å². The summed E-state index contributed by atoms with van der Waals surface area (Å²) in [5.74, 6) is 0.00506. The number of aromatic nitrogens is 2. The molecule has 0 radical (unpaired) electrons. The van der Waals surface area contributed by atoms with E-state index in [9.17, 15) is 9.59 Å². The SMILES string of the molecule is O=C(CN1Cc2ccccc2C1)NCc1ccc2[nH]c(=O)[nH]c2c1. The highest BCUT2D eigenvalue weighted by molar-refractivity contribution is 5.78. The van der Waals surface area contributed by atoms with Crippen LogP contribution in [-0.2, 0) is 24.4 Å². The van der Waals surface area contributed by atoms with Crippen molar-refractivity contribution in [3.63, 3.8) is 0 Å². The molecule has 0 unspecified atom stereocenters. The minimum atomic E-state index is -0.222. The molecule has 0 saturated carbocycles. The van der Waals surface area contributed by atoms with E-state index in [-0.39, 0.29) is 11.6 Å². The van der Waals surface area contributed by atoms with Crippen LogP contribution >= 0.6 is 0 Å². The van der Waals surface area contributed by atoms with E-state index in [1.165, 1.54) is 11.1 Å². The third-order valence-corrected chi connectivity index (χ3v) is 4.34. The van der Waals surface area contributed by atoms with Gasteiger partial charge in [0, 0.05) is 19.6 Å². The van der Waals surface area contributed by atoms with E-state index >= 15 is 0 Å². The molecule has 6 heteroatoms. The molecule has 1 aliphatic heterocycles. The molecule has 1 amide bonds. The smallest absolute Gasteiger partial charge is 0.323 e. The van der Waals surface area contributed by atoms with Crippen molar-refractivity contribution in [1.82, 2.24) is 20.2 Å². The van der Waals surface area contributed by atoms with Gasteiger partial charge < -0.3 is 15.3 Å². The first-order valence-corrected chi connectivity index (χ1v) is 7.94. The number of imidazole rings is 1. The van der Waals surface area contributed by atoms with E-state index in [1.54, 1.807) is 0 Å². The van der Waals surface area contributed by atoms with Crippen LogP contribution < -0.4 is 11.0 Å². The third kappa shape index (κ3) is 2.96. The maximum absolute atomic E-state index is 12.2. The summed E-state index contributed by atoms with van der Waals surface area (Å²) in [5.41, 5.74) is 4.85. The van der Waals surface area contributed by atoms with Gasteiger partial charge in [0.2, 0.25) is 5.91 Å². The molecule has 1 aromatic heterocycles. The quantitative estimate of drug-likeness (QED) is 0.681. The highest BCUT2D eigenvalue weighted by Crippen LogP contribution is 2.21. The van der Waals surface area contributed by atoms with Crippen molar-refractivity contribution in [2.75, 3.05) is 6.54 Å². The summed E-state index contributed by atoms with van der Waals surface area (Å²) >= 11 is 0. The van der Waals surface area contributed by atoms with Crippen LogP contribution in [0, 0.1) is 0 Å². The lowest BCUT2D eigenvalue weighted by molar-refractivity contribution is -0.122. The molecule has 0 saturated heterocycles. The Morgan fingerprint density at radius 2 is 1.75 bits per heavy atom. The molecule has 6 nitrogen and oxygen atoms in total. The van der Waals surface area contributed by atoms with Crippen LogP contribution in [0.25, 0.3) is 11.0 Å². The van der Waals surface area contributed by atoms with Crippen molar-refractivity contribution in [1.29, 1.82) is 0 Å². The second kappa shape index (κ2) is 5.98. The van der Waals surface area contributed by atoms with Crippen molar-refractivity contribution in [3.05, 3.63) is 69.6 Å². The molecule has 4 rings (SSSR count). The molecule has 2 heterocycles. The second-order valence-electron chi connectivity index (χ2n) is 6.15. The summed E-state index contributed by atoms with van der Waals surface area (Å²) in [6.07, 6.45) is 0. The Hall–Kier alpha value is -2.86. The number of hydrogen-bond donors (Lipinski definition) is 3. The Balaban J connectivity index is 1.34. The van der Waals surface area contributed by atoms with Gasteiger partial charge in [-0.2, -0.15) is 0 Å². The Kier molecular flexibility index (Phi) is 3.66. The van der Waals surface area contributed by atoms with Gasteiger partial charge in [0.1, 0.15) is 0 Å². The maximum Gasteiger partial charge on any atom is 0.323 e. The average molecular weight is 322 g/mol. The molecule has 122 valence electrons. The number of benzene rings is 2. The number of hydrogen-bond acceptors (Lipinski definition) is 3. The van der Waals surface area contributed by atoms with Crippen LogP contribution in [0.15, 0.2) is 47.3 Å². The van der Waals surface area contributed by atoms with Gasteiger partial charge in [0.15, 0.2) is 0 Å². The van der Waals surface area contributed by atoms with Crippen LogP contribution in [0.5, 0.6) is 0 Å². The lowest BCUT2D eigenvalue weighted by atomic mass is 10.1. The standard InChI is InChI=1S/C18H18N4O2/c23-17(11-22-9-13-3-1-2-4-14(13)10-22)19-8-12-5-6-15-16(7-12)21-18(24)20-15/h1-7H,8-11H2,(H,19,23)(H2,20,21,24). The van der Waals surface area contributed by atoms with Gasteiger partial charge in [-0.05, 0) is 28.8 Å². The van der Waals surface area contributed by atoms with Gasteiger partial charge >= 0.3 is 5.69 Å². The van der Waals surface area contributed by atoms with E-state index in [0.717, 1.165) is 29.7 Å². The lowest BCUT2D eigenvalue weighted by Gasteiger charge is -2.14. The number of nitrogens with one attached hydrogen (secondary N) is 3. The van der Waals surface area contributed by atoms with Gasteiger partial charge in [0.05, 0.1) is 17.6 Å². The number of H-pyrrole nitrogens is 2. The van der Waals surface area contributed by atoms with Crippen molar-refractivity contribution < 1.29 is 4.79 Å². The highest BCUT2D eigenvalue weighted by Gasteiger charge is 2.20. The first-order valence-electron chi connectivity index (χ1n) is 7.94. The van der Waals surface area contributed by atoms with E-state index < -0.39 is 0 Å². The van der Waals surface area contributed by atoms with Gasteiger partial charge in [-0.3, -0.25) is 9.69 Å². The number of fused-ring (bicyclic) bond motifs is 2. The fraction of sp³-hybridized carbons (Fsp3) is 0.222. The van der Waals surface area contributed by atoms with Crippen LogP contribution in [0.3, 0.4) is 0 Å². The molecule has 2 aromatic carbocycles. The topological polar surface area (TPSA) is 81.0 Å². The number of carbonyl (C=O) groups excluding carboxylic acids is 1. The van der Waals surface area contributed by atoms with Gasteiger partial charge in [-0.25, -0.2) is 4.79 Å². The number of amides is 1. The van der Waals surface area contributed by atoms with Gasteiger partial charge in [-0.15, -0.1) is 0 Å². The zero-order valence-electron chi connectivity index (χ0n) is 13.1. The van der Waals surface area contributed by atoms with E-state index in [1.807, 2.05) is 30.3 Å². The Labute approximate surface area is 138 Å². The first kappa shape index (κ1) is 14.7. The zero-order chi connectivity index (χ0) is 16.5. The summed E-state index contributed by atoms with van der Waals surface area (Å²) in [6.45, 7) is 2.47. The minimum absolute atomic E-state index is 0.00506. The largest absolute Gasteiger partial charge is 0.351 e. The molecule has 0 aliphatic carbocycles. The number of carbonyl (C=O) groups is 1. The van der Waals surface area contributed by atoms with E-state index in [0.29, 0.717) is 13.1 Å². The fourth-order valence-corrected chi connectivity index (χ4v) is 3.16. The fourth-order valence-electron chi connectivity index (χ4n) is 3.16. The molecule has 0 bridgehead atoms. The molecule has 1 aliphatic rings. The Morgan fingerprint density at radius 1 is 1.04 bits per heavy atom. The summed E-state index contributed by atoms with van der Waals surface area (Å²) in [7, 11) is 0. The molecule has 0 spiro atoms. The average Bonchev–Trinajstić information content (AvgIpc) is 3.13. The van der Waals surface area contributed by atoms with E-state index in [2.05, 4.69) is 32.3 Å². The van der Waals surface area contributed by atoms with Crippen LogP contribution in [0.4, 0.5) is 0 Å². The number of nitrogens with zero attached hydrogens (tertiary/aromatic N) is 1. The monoisotopic (exact) mass is 322 g/mol. The van der Waals surface area contributed by atoms with Crippen molar-refractivity contribution in [2.24, 2.45) is 0 Å². The lowest BCUT2D eigenvalue weighted by Crippen LogP contribution is -2.34. The number of rotatable bonds is 4. The van der Waals surface area contributed by atoms with Crippen molar-refractivity contribution in [3.8, 4) is 0 Å². The molecule has 24 heavy (non-hydrogen) atoms. The molecule has 0 atom stereocenters. The van der Waals surface area contributed by atoms with Crippen molar-refractivity contribution in [2.45, 2.75) is 19.6 Å². The summed E-state index contributed by atoms with van der Waals surface area (Å²) in [6, 6.07) is 13.9. The summed E-state index contributed by atoms with van der Waals surface area (Å²) in [4.78, 5) is 31.0. The molecular weight excluding hydrogens is 304 g/mol.